The van der Waals surface area contributed by atoms with Gasteiger partial charge in [-0.25, -0.2) is 18.1 Å². The average molecular weight is 532 g/mol. The maximum atomic E-state index is 12.8. The van der Waals surface area contributed by atoms with E-state index < -0.39 is 10.0 Å². The minimum absolute atomic E-state index is 0.147. The van der Waals surface area contributed by atoms with Crippen molar-refractivity contribution < 1.29 is 27.4 Å². The summed E-state index contributed by atoms with van der Waals surface area (Å²) in [5.74, 6) is 0.734. The van der Waals surface area contributed by atoms with Gasteiger partial charge in [0.05, 0.1) is 39.2 Å². The highest BCUT2D eigenvalue weighted by Gasteiger charge is 2.24. The van der Waals surface area contributed by atoms with Crippen molar-refractivity contribution in [3.8, 4) is 17.1 Å². The number of benzene rings is 1. The number of carbonyl (C=O) groups is 1. The first kappa shape index (κ1) is 26.6. The van der Waals surface area contributed by atoms with E-state index in [-0.39, 0.29) is 43.6 Å². The van der Waals surface area contributed by atoms with Crippen LogP contribution in [0.15, 0.2) is 36.4 Å². The summed E-state index contributed by atoms with van der Waals surface area (Å²) in [6, 6.07) is 10.8. The number of ether oxygens (including phenoxy) is 3. The van der Waals surface area contributed by atoms with Crippen LogP contribution in [0.2, 0.25) is 0 Å². The van der Waals surface area contributed by atoms with Crippen LogP contribution in [0, 0.1) is 6.92 Å². The van der Waals surface area contributed by atoms with Gasteiger partial charge in [-0.1, -0.05) is 12.1 Å². The number of carbonyl (C=O) groups excluding carboxylic acids is 1. The predicted molar refractivity (Wildman–Crippen MR) is 132 cm³/mol. The van der Waals surface area contributed by atoms with Crippen molar-refractivity contribution in [2.45, 2.75) is 32.2 Å². The number of amides is 1. The number of hydrogen-bond acceptors (Lipinski definition) is 10. The predicted octanol–water partition coefficient (Wildman–Crippen LogP) is 0.315. The van der Waals surface area contributed by atoms with Crippen molar-refractivity contribution in [1.29, 1.82) is 0 Å². The second-order valence-electron chi connectivity index (χ2n) is 8.62. The zero-order chi connectivity index (χ0) is 26.4. The van der Waals surface area contributed by atoms with Crippen molar-refractivity contribution >= 4 is 15.9 Å². The second kappa shape index (κ2) is 11.7. The van der Waals surface area contributed by atoms with E-state index in [0.717, 1.165) is 11.8 Å². The fourth-order valence-electron chi connectivity index (χ4n) is 3.64. The molecule has 13 nitrogen and oxygen atoms in total. The molecule has 0 bridgehead atoms. The Kier molecular flexibility index (Phi) is 8.43. The SMILES string of the molecule is COc1cccc(CNC(=O)c2cc(-c3nnn(C[C@@H]4CO[C@@H](CNS(C)(=O)=O)CO4)n3)cc(C)n2)c1. The lowest BCUT2D eigenvalue weighted by molar-refractivity contribution is -0.136. The lowest BCUT2D eigenvalue weighted by atomic mass is 10.1. The van der Waals surface area contributed by atoms with Crippen LogP contribution < -0.4 is 14.8 Å². The van der Waals surface area contributed by atoms with Crippen LogP contribution >= 0.6 is 0 Å². The Balaban J connectivity index is 1.34. The number of tetrazole rings is 1. The number of aromatic nitrogens is 5. The first-order chi connectivity index (χ1) is 17.7. The first-order valence-electron chi connectivity index (χ1n) is 11.5. The molecule has 1 amide bonds. The van der Waals surface area contributed by atoms with E-state index in [4.69, 9.17) is 14.2 Å². The molecule has 0 aliphatic carbocycles. The molecule has 0 saturated carbocycles. The third-order valence-corrected chi connectivity index (χ3v) is 6.15. The van der Waals surface area contributed by atoms with Gasteiger partial charge in [0.1, 0.15) is 17.5 Å². The van der Waals surface area contributed by atoms with Gasteiger partial charge in [0.25, 0.3) is 5.91 Å². The number of nitrogens with one attached hydrogen (secondary N) is 2. The zero-order valence-electron chi connectivity index (χ0n) is 20.7. The van der Waals surface area contributed by atoms with Crippen LogP contribution in [0.3, 0.4) is 0 Å². The summed E-state index contributed by atoms with van der Waals surface area (Å²) in [6.45, 7) is 3.07. The molecule has 0 spiro atoms. The maximum Gasteiger partial charge on any atom is 0.270 e. The molecular weight excluding hydrogens is 502 g/mol. The lowest BCUT2D eigenvalue weighted by Gasteiger charge is -2.29. The molecule has 0 radical (unpaired) electrons. The monoisotopic (exact) mass is 531 g/mol. The molecule has 2 N–H and O–H groups in total. The third-order valence-electron chi connectivity index (χ3n) is 5.46. The number of sulfonamides is 1. The van der Waals surface area contributed by atoms with Crippen LogP contribution in [0.1, 0.15) is 21.7 Å². The van der Waals surface area contributed by atoms with Crippen molar-refractivity contribution in [2.75, 3.05) is 33.1 Å². The molecule has 1 aromatic carbocycles. The quantitative estimate of drug-likeness (QED) is 0.373. The molecule has 0 unspecified atom stereocenters. The summed E-state index contributed by atoms with van der Waals surface area (Å²) < 4.78 is 41.5. The Morgan fingerprint density at radius 3 is 2.70 bits per heavy atom. The largest absolute Gasteiger partial charge is 0.497 e. The van der Waals surface area contributed by atoms with Crippen LogP contribution in [-0.2, 0) is 32.6 Å². The summed E-state index contributed by atoms with van der Waals surface area (Å²) in [7, 11) is -1.70. The van der Waals surface area contributed by atoms with E-state index in [2.05, 4.69) is 30.4 Å². The minimum Gasteiger partial charge on any atom is -0.497 e. The van der Waals surface area contributed by atoms with Crippen molar-refractivity contribution in [3.63, 3.8) is 0 Å². The standard InChI is InChI=1S/C23H29N7O6S/c1-15-7-17(9-21(26-15)23(31)24-10-16-5-4-6-18(8-16)34-2)22-27-29-30(28-22)12-20-14-35-19(13-36-20)11-25-37(3,32)33/h4-9,19-20,25H,10-14H2,1-3H3,(H,24,31)/t19-,20+/m0/s1. The number of hydrogen-bond donors (Lipinski definition) is 2. The van der Waals surface area contributed by atoms with Gasteiger partial charge < -0.3 is 19.5 Å². The third kappa shape index (κ3) is 7.76. The van der Waals surface area contributed by atoms with E-state index in [1.54, 1.807) is 26.2 Å². The topological polar surface area (TPSA) is 159 Å². The fraction of sp³-hybridized carbons (Fsp3) is 0.435. The highest BCUT2D eigenvalue weighted by molar-refractivity contribution is 7.88. The van der Waals surface area contributed by atoms with Crippen molar-refractivity contribution in [3.05, 3.63) is 53.3 Å². The van der Waals surface area contributed by atoms with E-state index in [0.29, 0.717) is 35.9 Å². The molecule has 198 valence electrons. The number of pyridine rings is 1. The Morgan fingerprint density at radius 2 is 1.97 bits per heavy atom. The van der Waals surface area contributed by atoms with E-state index in [9.17, 15) is 13.2 Å². The Bertz CT molecular complexity index is 1340. The molecule has 2 aromatic heterocycles. The van der Waals surface area contributed by atoms with Gasteiger partial charge in [-0.2, -0.15) is 4.80 Å². The number of nitrogens with zero attached hydrogens (tertiary/aromatic N) is 5. The molecule has 4 rings (SSSR count). The van der Waals surface area contributed by atoms with Crippen LogP contribution in [0.25, 0.3) is 11.4 Å². The summed E-state index contributed by atoms with van der Waals surface area (Å²) in [5, 5.41) is 15.5. The number of methoxy groups -OCH3 is 1. The van der Waals surface area contributed by atoms with Gasteiger partial charge >= 0.3 is 0 Å². The Hall–Kier alpha value is -3.46. The van der Waals surface area contributed by atoms with Crippen molar-refractivity contribution in [1.82, 2.24) is 35.2 Å². The first-order valence-corrected chi connectivity index (χ1v) is 13.4. The number of aryl methyl sites for hydroxylation is 1. The molecule has 1 aliphatic heterocycles. The normalized spacial score (nSPS) is 17.9. The van der Waals surface area contributed by atoms with Crippen molar-refractivity contribution in [2.24, 2.45) is 0 Å². The molecule has 1 fully saturated rings. The summed E-state index contributed by atoms with van der Waals surface area (Å²) in [5.41, 5.74) is 2.39. The highest BCUT2D eigenvalue weighted by atomic mass is 32.2. The van der Waals surface area contributed by atoms with E-state index >= 15 is 0 Å². The minimum atomic E-state index is -3.29. The van der Waals surface area contributed by atoms with Gasteiger partial charge in [-0.3, -0.25) is 4.79 Å². The van der Waals surface area contributed by atoms with E-state index in [1.165, 1.54) is 4.80 Å². The summed E-state index contributed by atoms with van der Waals surface area (Å²) in [6.07, 6.45) is 0.419. The fourth-order valence-corrected chi connectivity index (χ4v) is 4.13. The maximum absolute atomic E-state index is 12.8. The van der Waals surface area contributed by atoms with Gasteiger partial charge in [-0.05, 0) is 42.0 Å². The van der Waals surface area contributed by atoms with E-state index in [1.807, 2.05) is 24.3 Å². The zero-order valence-corrected chi connectivity index (χ0v) is 21.6. The molecule has 3 heterocycles. The molecule has 3 aromatic rings. The Morgan fingerprint density at radius 1 is 1.19 bits per heavy atom. The molecule has 1 saturated heterocycles. The van der Waals surface area contributed by atoms with Crippen LogP contribution in [-0.4, -0.2) is 84.8 Å². The Labute approximate surface area is 214 Å². The van der Waals surface area contributed by atoms with Gasteiger partial charge in [-0.15, -0.1) is 10.2 Å². The number of rotatable bonds is 10. The smallest absolute Gasteiger partial charge is 0.270 e. The van der Waals surface area contributed by atoms with Gasteiger partial charge in [0.15, 0.2) is 0 Å². The molecule has 14 heteroatoms. The molecule has 37 heavy (non-hydrogen) atoms. The van der Waals surface area contributed by atoms with Gasteiger partial charge in [0.2, 0.25) is 15.8 Å². The summed E-state index contributed by atoms with van der Waals surface area (Å²) >= 11 is 0. The average Bonchev–Trinajstić information content (AvgIpc) is 3.34. The van der Waals surface area contributed by atoms with Gasteiger partial charge in [0, 0.05) is 24.3 Å². The van der Waals surface area contributed by atoms with Crippen LogP contribution in [0.4, 0.5) is 0 Å². The lowest BCUT2D eigenvalue weighted by Crippen LogP contribution is -2.44. The summed E-state index contributed by atoms with van der Waals surface area (Å²) in [4.78, 5) is 18.5. The van der Waals surface area contributed by atoms with Crippen LogP contribution in [0.5, 0.6) is 5.75 Å². The molecule has 1 aliphatic rings. The highest BCUT2D eigenvalue weighted by Crippen LogP contribution is 2.17. The molecular formula is C23H29N7O6S. The molecule has 2 atom stereocenters. The second-order valence-corrected chi connectivity index (χ2v) is 10.4.